The summed E-state index contributed by atoms with van der Waals surface area (Å²) in [6, 6.07) is 1.97. The molecule has 19 heavy (non-hydrogen) atoms. The molecule has 0 aliphatic rings. The lowest BCUT2D eigenvalue weighted by atomic mass is 10.2. The van der Waals surface area contributed by atoms with Gasteiger partial charge in [-0.25, -0.2) is 4.98 Å². The van der Waals surface area contributed by atoms with Gasteiger partial charge in [0.1, 0.15) is 5.82 Å². The first-order chi connectivity index (χ1) is 9.04. The number of ether oxygens (including phenoxy) is 1. The number of nitrogens with zero attached hydrogens (tertiary/aromatic N) is 2. The zero-order chi connectivity index (χ0) is 14.3. The predicted octanol–water partition coefficient (Wildman–Crippen LogP) is 2.56. The van der Waals surface area contributed by atoms with Crippen molar-refractivity contribution in [3.05, 3.63) is 22.8 Å². The summed E-state index contributed by atoms with van der Waals surface area (Å²) < 4.78 is 5.05. The van der Waals surface area contributed by atoms with Crippen molar-refractivity contribution in [3.63, 3.8) is 0 Å². The van der Waals surface area contributed by atoms with Crippen molar-refractivity contribution < 1.29 is 4.74 Å². The highest BCUT2D eigenvalue weighted by molar-refractivity contribution is 6.33. The molecule has 0 aliphatic carbocycles. The molecule has 0 amide bonds. The van der Waals surface area contributed by atoms with Gasteiger partial charge in [0.25, 0.3) is 0 Å². The highest BCUT2D eigenvalue weighted by Crippen LogP contribution is 2.22. The minimum Gasteiger partial charge on any atom is -0.383 e. The quantitative estimate of drug-likeness (QED) is 0.797. The van der Waals surface area contributed by atoms with Crippen LogP contribution in [-0.2, 0) is 11.3 Å². The van der Waals surface area contributed by atoms with Gasteiger partial charge in [-0.15, -0.1) is 0 Å². The molecule has 0 aromatic carbocycles. The van der Waals surface area contributed by atoms with Crippen LogP contribution in [0.2, 0.25) is 5.02 Å². The first-order valence-corrected chi connectivity index (χ1v) is 6.97. The number of methoxy groups -OCH3 is 1. The number of nitrogens with one attached hydrogen (secondary N) is 1. The van der Waals surface area contributed by atoms with Crippen molar-refractivity contribution in [3.8, 4) is 0 Å². The zero-order valence-corrected chi connectivity index (χ0v) is 13.0. The van der Waals surface area contributed by atoms with Gasteiger partial charge in [-0.2, -0.15) is 0 Å². The van der Waals surface area contributed by atoms with Gasteiger partial charge in [-0.3, -0.25) is 0 Å². The average molecular weight is 286 g/mol. The Balaban J connectivity index is 2.58. The smallest absolute Gasteiger partial charge is 0.147 e. The van der Waals surface area contributed by atoms with Crippen molar-refractivity contribution in [2.75, 3.05) is 38.8 Å². The van der Waals surface area contributed by atoms with Crippen molar-refractivity contribution in [2.24, 2.45) is 5.92 Å². The third-order valence-electron chi connectivity index (χ3n) is 2.75. The summed E-state index contributed by atoms with van der Waals surface area (Å²) in [6.07, 6.45) is 1.87. The van der Waals surface area contributed by atoms with Gasteiger partial charge in [-0.1, -0.05) is 25.4 Å². The molecule has 1 aromatic heterocycles. The molecule has 108 valence electrons. The molecule has 0 aliphatic heterocycles. The molecule has 0 saturated heterocycles. The monoisotopic (exact) mass is 285 g/mol. The topological polar surface area (TPSA) is 37.4 Å². The molecule has 4 nitrogen and oxygen atoms in total. The van der Waals surface area contributed by atoms with E-state index in [1.807, 2.05) is 24.2 Å². The fraction of sp³-hybridized carbons (Fsp3) is 0.643. The fourth-order valence-corrected chi connectivity index (χ4v) is 2.02. The normalized spacial score (nSPS) is 11.1. The minimum atomic E-state index is 0.642. The van der Waals surface area contributed by atoms with Gasteiger partial charge in [0.05, 0.1) is 11.6 Å². The van der Waals surface area contributed by atoms with Gasteiger partial charge in [0, 0.05) is 33.4 Å². The standard InChI is InChI=1S/C14H24ClN3O/c1-11(2)8-16-9-12-7-13(15)14(17-10-12)18(3)5-6-19-4/h7,10-11,16H,5-6,8-9H2,1-4H3. The summed E-state index contributed by atoms with van der Waals surface area (Å²) in [6.45, 7) is 7.60. The highest BCUT2D eigenvalue weighted by Gasteiger charge is 2.08. The molecular weight excluding hydrogens is 262 g/mol. The van der Waals surface area contributed by atoms with Crippen LogP contribution >= 0.6 is 11.6 Å². The first kappa shape index (κ1) is 16.2. The van der Waals surface area contributed by atoms with E-state index in [0.717, 1.165) is 31.0 Å². The average Bonchev–Trinajstić information content (AvgIpc) is 2.35. The van der Waals surface area contributed by atoms with E-state index < -0.39 is 0 Å². The van der Waals surface area contributed by atoms with E-state index >= 15 is 0 Å². The Bertz CT molecular complexity index is 385. The summed E-state index contributed by atoms with van der Waals surface area (Å²) in [5, 5.41) is 4.06. The number of aromatic nitrogens is 1. The maximum atomic E-state index is 6.27. The Hall–Kier alpha value is -0.840. The van der Waals surface area contributed by atoms with Crippen LogP contribution in [0.15, 0.2) is 12.3 Å². The fourth-order valence-electron chi connectivity index (χ4n) is 1.69. The number of rotatable bonds is 8. The Labute approximate surface area is 121 Å². The lowest BCUT2D eigenvalue weighted by Gasteiger charge is -2.19. The maximum absolute atomic E-state index is 6.27. The molecule has 0 fully saturated rings. The second kappa shape index (κ2) is 8.35. The maximum Gasteiger partial charge on any atom is 0.147 e. The van der Waals surface area contributed by atoms with Crippen LogP contribution in [0.4, 0.5) is 5.82 Å². The first-order valence-electron chi connectivity index (χ1n) is 6.59. The minimum absolute atomic E-state index is 0.642. The van der Waals surface area contributed by atoms with Crippen LogP contribution in [0.1, 0.15) is 19.4 Å². The molecule has 0 unspecified atom stereocenters. The van der Waals surface area contributed by atoms with E-state index in [1.165, 1.54) is 0 Å². The molecule has 1 aromatic rings. The largest absolute Gasteiger partial charge is 0.383 e. The van der Waals surface area contributed by atoms with Gasteiger partial charge in [0.2, 0.25) is 0 Å². The summed E-state index contributed by atoms with van der Waals surface area (Å²) in [4.78, 5) is 6.42. The van der Waals surface area contributed by atoms with E-state index in [1.54, 1.807) is 7.11 Å². The Morgan fingerprint density at radius 1 is 1.47 bits per heavy atom. The van der Waals surface area contributed by atoms with Crippen LogP contribution in [-0.4, -0.2) is 38.8 Å². The number of hydrogen-bond donors (Lipinski definition) is 1. The molecule has 0 atom stereocenters. The van der Waals surface area contributed by atoms with Crippen LogP contribution in [0.5, 0.6) is 0 Å². The molecule has 0 saturated carbocycles. The van der Waals surface area contributed by atoms with Gasteiger partial charge < -0.3 is 15.0 Å². The summed E-state index contributed by atoms with van der Waals surface area (Å²) in [5.41, 5.74) is 1.11. The number of hydrogen-bond acceptors (Lipinski definition) is 4. The Morgan fingerprint density at radius 3 is 2.79 bits per heavy atom. The molecule has 0 bridgehead atoms. The Kier molecular flexibility index (Phi) is 7.13. The second-order valence-corrected chi connectivity index (χ2v) is 5.50. The molecule has 0 radical (unpaired) electrons. The number of pyridine rings is 1. The number of anilines is 1. The highest BCUT2D eigenvalue weighted by atomic mass is 35.5. The van der Waals surface area contributed by atoms with Crippen molar-refractivity contribution in [1.82, 2.24) is 10.3 Å². The van der Waals surface area contributed by atoms with E-state index in [4.69, 9.17) is 16.3 Å². The summed E-state index contributed by atoms with van der Waals surface area (Å²) in [5.74, 6) is 1.44. The van der Waals surface area contributed by atoms with Gasteiger partial charge >= 0.3 is 0 Å². The SMILES string of the molecule is COCCN(C)c1ncc(CNCC(C)C)cc1Cl. The molecule has 5 heteroatoms. The van der Waals surface area contributed by atoms with Crippen LogP contribution < -0.4 is 10.2 Å². The Morgan fingerprint density at radius 2 is 2.21 bits per heavy atom. The lowest BCUT2D eigenvalue weighted by molar-refractivity contribution is 0.206. The van der Waals surface area contributed by atoms with Gasteiger partial charge in [-0.05, 0) is 24.1 Å². The van der Waals surface area contributed by atoms with Crippen LogP contribution in [0.25, 0.3) is 0 Å². The van der Waals surface area contributed by atoms with Crippen molar-refractivity contribution in [2.45, 2.75) is 20.4 Å². The third kappa shape index (κ3) is 5.76. The van der Waals surface area contributed by atoms with Crippen LogP contribution in [0.3, 0.4) is 0 Å². The van der Waals surface area contributed by atoms with Gasteiger partial charge in [0.15, 0.2) is 0 Å². The van der Waals surface area contributed by atoms with E-state index in [9.17, 15) is 0 Å². The number of likely N-dealkylation sites (N-methyl/N-ethyl adjacent to an activating group) is 1. The van der Waals surface area contributed by atoms with E-state index in [0.29, 0.717) is 17.5 Å². The van der Waals surface area contributed by atoms with Crippen molar-refractivity contribution in [1.29, 1.82) is 0 Å². The van der Waals surface area contributed by atoms with E-state index in [-0.39, 0.29) is 0 Å². The number of halogens is 1. The third-order valence-corrected chi connectivity index (χ3v) is 3.03. The summed E-state index contributed by atoms with van der Waals surface area (Å²) >= 11 is 6.27. The molecule has 0 spiro atoms. The summed E-state index contributed by atoms with van der Waals surface area (Å²) in [7, 11) is 3.65. The zero-order valence-electron chi connectivity index (χ0n) is 12.2. The molecular formula is C14H24ClN3O. The molecule has 1 rings (SSSR count). The van der Waals surface area contributed by atoms with Crippen molar-refractivity contribution >= 4 is 17.4 Å². The molecule has 1 heterocycles. The van der Waals surface area contributed by atoms with Crippen LogP contribution in [0, 0.1) is 5.92 Å². The lowest BCUT2D eigenvalue weighted by Crippen LogP contribution is -2.24. The second-order valence-electron chi connectivity index (χ2n) is 5.09. The van der Waals surface area contributed by atoms with E-state index in [2.05, 4.69) is 24.1 Å². The molecule has 1 N–H and O–H groups in total. The predicted molar refractivity (Wildman–Crippen MR) is 80.9 cm³/mol.